The Morgan fingerprint density at radius 2 is 1.69 bits per heavy atom. The summed E-state index contributed by atoms with van der Waals surface area (Å²) in [4.78, 5) is 16.8. The zero-order valence-corrected chi connectivity index (χ0v) is 21.8. The molecule has 0 aliphatic heterocycles. The van der Waals surface area contributed by atoms with E-state index >= 15 is 0 Å². The molecule has 0 aliphatic carbocycles. The number of carbonyl (C=O) groups is 1. The van der Waals surface area contributed by atoms with E-state index in [1.807, 2.05) is 79.1 Å². The van der Waals surface area contributed by atoms with Gasteiger partial charge < -0.3 is 10.1 Å². The molecule has 0 bridgehead atoms. The van der Waals surface area contributed by atoms with Crippen LogP contribution < -0.4 is 15.0 Å². The Labute approximate surface area is 222 Å². The normalized spacial score (nSPS) is 10.7. The first-order valence-electron chi connectivity index (χ1n) is 11.5. The molecule has 0 saturated carbocycles. The van der Waals surface area contributed by atoms with Crippen LogP contribution in [-0.4, -0.2) is 5.91 Å². The van der Waals surface area contributed by atoms with Crippen molar-refractivity contribution in [1.82, 2.24) is 5.32 Å². The number of pyridine rings is 1. The van der Waals surface area contributed by atoms with Crippen molar-refractivity contribution in [2.24, 2.45) is 0 Å². The quantitative estimate of drug-likeness (QED) is 0.220. The summed E-state index contributed by atoms with van der Waals surface area (Å²) < 4.78 is 7.23. The smallest absolute Gasteiger partial charge is 0.251 e. The van der Waals surface area contributed by atoms with E-state index < -0.39 is 0 Å². The summed E-state index contributed by atoms with van der Waals surface area (Å²) in [6, 6.07) is 30.0. The average molecular weight is 557 g/mol. The van der Waals surface area contributed by atoms with E-state index in [-0.39, 0.29) is 5.91 Å². The van der Waals surface area contributed by atoms with Crippen molar-refractivity contribution in [3.8, 4) is 27.3 Å². The Hall–Kier alpha value is -3.74. The van der Waals surface area contributed by atoms with Gasteiger partial charge in [-0.15, -0.1) is 11.3 Å². The molecule has 6 heteroatoms. The molecular weight excluding hydrogens is 532 g/mol. The van der Waals surface area contributed by atoms with Gasteiger partial charge in [-0.05, 0) is 59.0 Å². The highest BCUT2D eigenvalue weighted by molar-refractivity contribution is 9.10. The molecule has 2 heterocycles. The van der Waals surface area contributed by atoms with Crippen molar-refractivity contribution in [3.05, 3.63) is 130 Å². The van der Waals surface area contributed by atoms with E-state index in [1.54, 1.807) is 11.3 Å². The van der Waals surface area contributed by atoms with Crippen LogP contribution in [0.4, 0.5) is 0 Å². The van der Waals surface area contributed by atoms with Crippen molar-refractivity contribution < 1.29 is 14.5 Å². The lowest BCUT2D eigenvalue weighted by Crippen LogP contribution is -2.23. The zero-order valence-electron chi connectivity index (χ0n) is 19.4. The van der Waals surface area contributed by atoms with Gasteiger partial charge in [-0.25, -0.2) is 4.98 Å². The van der Waals surface area contributed by atoms with Gasteiger partial charge >= 0.3 is 0 Å². The van der Waals surface area contributed by atoms with Gasteiger partial charge in [0, 0.05) is 44.2 Å². The number of rotatable bonds is 8. The number of ether oxygens (including phenoxy) is 1. The number of hydrogen-bond acceptors (Lipinski definition) is 3. The van der Waals surface area contributed by atoms with Gasteiger partial charge in [-0.1, -0.05) is 58.4 Å². The summed E-state index contributed by atoms with van der Waals surface area (Å²) in [5.74, 6) is 0.733. The van der Waals surface area contributed by atoms with Crippen LogP contribution in [-0.2, 0) is 13.2 Å². The van der Waals surface area contributed by atoms with E-state index in [4.69, 9.17) is 4.74 Å². The van der Waals surface area contributed by atoms with Gasteiger partial charge in [-0.2, -0.15) is 0 Å². The topological polar surface area (TPSA) is 52.5 Å². The highest BCUT2D eigenvalue weighted by Gasteiger charge is 2.15. The number of amides is 1. The lowest BCUT2D eigenvalue weighted by Gasteiger charge is -2.13. The van der Waals surface area contributed by atoms with Crippen molar-refractivity contribution in [2.75, 3.05) is 0 Å². The zero-order chi connectivity index (χ0) is 24.7. The Kier molecular flexibility index (Phi) is 7.55. The number of halogens is 1. The van der Waals surface area contributed by atoms with E-state index in [1.165, 1.54) is 0 Å². The second-order valence-electron chi connectivity index (χ2n) is 8.25. The Morgan fingerprint density at radius 3 is 2.47 bits per heavy atom. The number of nitrogens with one attached hydrogen (secondary N) is 2. The molecule has 0 saturated heterocycles. The van der Waals surface area contributed by atoms with Gasteiger partial charge in [0.05, 0.1) is 0 Å². The van der Waals surface area contributed by atoms with Crippen LogP contribution in [0.3, 0.4) is 0 Å². The van der Waals surface area contributed by atoms with Crippen LogP contribution in [0.15, 0.2) is 113 Å². The SMILES string of the molecule is O=C(NCc1ccc[nH+]c1)c1ccc(-c2sccc2-c2cc(Br)ccc2OCc2ccccc2)cc1. The molecule has 4 nitrogen and oxygen atoms in total. The highest BCUT2D eigenvalue weighted by atomic mass is 79.9. The Morgan fingerprint density at radius 1 is 0.889 bits per heavy atom. The number of aromatic nitrogens is 1. The predicted molar refractivity (Wildman–Crippen MR) is 148 cm³/mol. The van der Waals surface area contributed by atoms with E-state index in [9.17, 15) is 4.79 Å². The molecule has 0 radical (unpaired) electrons. The second kappa shape index (κ2) is 11.3. The molecule has 0 atom stereocenters. The van der Waals surface area contributed by atoms with Crippen molar-refractivity contribution >= 4 is 33.2 Å². The van der Waals surface area contributed by atoms with E-state index in [0.717, 1.165) is 42.9 Å². The maximum absolute atomic E-state index is 12.6. The predicted octanol–water partition coefficient (Wildman–Crippen LogP) is 7.17. The maximum Gasteiger partial charge on any atom is 0.251 e. The molecule has 0 aliphatic rings. The maximum atomic E-state index is 12.6. The minimum atomic E-state index is -0.0969. The lowest BCUT2D eigenvalue weighted by molar-refractivity contribution is -0.378. The molecule has 2 N–H and O–H groups in total. The van der Waals surface area contributed by atoms with Crippen LogP contribution >= 0.6 is 27.3 Å². The van der Waals surface area contributed by atoms with E-state index in [2.05, 4.69) is 55.9 Å². The van der Waals surface area contributed by atoms with Crippen LogP contribution in [0, 0.1) is 0 Å². The fraction of sp³-hybridized carbons (Fsp3) is 0.0667. The number of benzene rings is 3. The van der Waals surface area contributed by atoms with Crippen LogP contribution in [0.2, 0.25) is 0 Å². The number of hydrogen-bond donors (Lipinski definition) is 1. The minimum Gasteiger partial charge on any atom is -0.488 e. The first kappa shape index (κ1) is 24.0. The first-order chi connectivity index (χ1) is 17.7. The monoisotopic (exact) mass is 555 g/mol. The van der Waals surface area contributed by atoms with Crippen LogP contribution in [0.5, 0.6) is 5.75 Å². The summed E-state index contributed by atoms with van der Waals surface area (Å²) in [5, 5.41) is 5.06. The number of thiophene rings is 1. The molecule has 1 amide bonds. The lowest BCUT2D eigenvalue weighted by atomic mass is 10.0. The molecule has 36 heavy (non-hydrogen) atoms. The average Bonchev–Trinajstić information content (AvgIpc) is 3.42. The van der Waals surface area contributed by atoms with Gasteiger partial charge in [-0.3, -0.25) is 4.79 Å². The summed E-state index contributed by atoms with van der Waals surface area (Å²) in [7, 11) is 0. The fourth-order valence-corrected chi connectivity index (χ4v) is 5.20. The Balaban J connectivity index is 1.35. The molecule has 0 unspecified atom stereocenters. The van der Waals surface area contributed by atoms with Gasteiger partial charge in [0.15, 0.2) is 12.4 Å². The van der Waals surface area contributed by atoms with Crippen LogP contribution in [0.1, 0.15) is 21.5 Å². The number of H-pyrrole nitrogens is 1. The summed E-state index contributed by atoms with van der Waals surface area (Å²) in [6.07, 6.45) is 3.72. The summed E-state index contributed by atoms with van der Waals surface area (Å²) in [6.45, 7) is 0.974. The third-order valence-electron chi connectivity index (χ3n) is 5.77. The third-order valence-corrected chi connectivity index (χ3v) is 7.22. The van der Waals surface area contributed by atoms with Crippen LogP contribution in [0.25, 0.3) is 21.6 Å². The molecule has 178 valence electrons. The van der Waals surface area contributed by atoms with Gasteiger partial charge in [0.25, 0.3) is 5.91 Å². The molecular formula is C30H24BrN2O2S+. The molecule has 2 aromatic heterocycles. The van der Waals surface area contributed by atoms with Crippen molar-refractivity contribution in [2.45, 2.75) is 13.2 Å². The molecule has 0 fully saturated rings. The summed E-state index contributed by atoms with van der Waals surface area (Å²) >= 11 is 5.29. The molecule has 3 aromatic carbocycles. The van der Waals surface area contributed by atoms with E-state index in [0.29, 0.717) is 18.7 Å². The van der Waals surface area contributed by atoms with Crippen molar-refractivity contribution in [1.29, 1.82) is 0 Å². The standard InChI is InChI=1S/C30H23BrN2O2S/c31-25-12-13-28(35-20-21-5-2-1-3-6-21)27(17-25)26-14-16-36-29(26)23-8-10-24(11-9-23)30(34)33-19-22-7-4-15-32-18-22/h1-18H,19-20H2,(H,33,34)/p+1. The van der Waals surface area contributed by atoms with Crippen molar-refractivity contribution in [3.63, 3.8) is 0 Å². The largest absolute Gasteiger partial charge is 0.488 e. The molecule has 5 rings (SSSR count). The Bertz CT molecular complexity index is 1450. The second-order valence-corrected chi connectivity index (χ2v) is 10.1. The molecule has 5 aromatic rings. The minimum absolute atomic E-state index is 0.0969. The first-order valence-corrected chi connectivity index (χ1v) is 13.2. The third kappa shape index (κ3) is 5.73. The fourth-order valence-electron chi connectivity index (χ4n) is 3.92. The number of carbonyl (C=O) groups excluding carboxylic acids is 1. The number of aromatic amines is 1. The summed E-state index contributed by atoms with van der Waals surface area (Å²) in [5.41, 5.74) is 5.95. The highest BCUT2D eigenvalue weighted by Crippen LogP contribution is 2.42. The van der Waals surface area contributed by atoms with Gasteiger partial charge in [0.2, 0.25) is 0 Å². The molecule has 0 spiro atoms. The van der Waals surface area contributed by atoms with Gasteiger partial charge in [0.1, 0.15) is 12.4 Å².